The highest BCUT2D eigenvalue weighted by Crippen LogP contribution is 2.36. The standard InChI is InChI=1S/C15H11ClF3N3O2/c16-11-7-3-1-5-9(11)13(21-14(23)24)22(20)12-8-4-2-6-10(12)15(17,18)19/h1-8H,20H2,(H,23,24)/b21-13+. The molecule has 0 fully saturated rings. The number of nitrogens with zero attached hydrogens (tertiary/aromatic N) is 2. The van der Waals surface area contributed by atoms with E-state index in [-0.39, 0.29) is 10.6 Å². The number of aliphatic imine (C=N–C) groups is 1. The van der Waals surface area contributed by atoms with Gasteiger partial charge in [-0.05, 0) is 24.3 Å². The van der Waals surface area contributed by atoms with E-state index in [1.54, 1.807) is 6.07 Å². The highest BCUT2D eigenvalue weighted by molar-refractivity contribution is 6.35. The minimum absolute atomic E-state index is 0.0843. The maximum atomic E-state index is 13.2. The van der Waals surface area contributed by atoms with Crippen molar-refractivity contribution in [2.45, 2.75) is 6.18 Å². The molecule has 2 aromatic carbocycles. The molecule has 0 aromatic heterocycles. The SMILES string of the molecule is NN(/C(=N/C(=O)O)c1ccccc1Cl)c1ccccc1C(F)(F)F. The molecule has 3 N–H and O–H groups in total. The lowest BCUT2D eigenvalue weighted by Gasteiger charge is -2.24. The molecule has 5 nitrogen and oxygen atoms in total. The van der Waals surface area contributed by atoms with Crippen LogP contribution in [0.1, 0.15) is 11.1 Å². The van der Waals surface area contributed by atoms with Crippen LogP contribution >= 0.6 is 11.6 Å². The third-order valence-electron chi connectivity index (χ3n) is 3.01. The normalized spacial score (nSPS) is 12.1. The number of amidine groups is 1. The Labute approximate surface area is 139 Å². The van der Waals surface area contributed by atoms with E-state index in [9.17, 15) is 18.0 Å². The van der Waals surface area contributed by atoms with Crippen molar-refractivity contribution in [3.8, 4) is 0 Å². The molecular weight excluding hydrogens is 347 g/mol. The van der Waals surface area contributed by atoms with Crippen molar-refractivity contribution in [3.63, 3.8) is 0 Å². The first-order chi connectivity index (χ1) is 11.2. The van der Waals surface area contributed by atoms with E-state index in [0.29, 0.717) is 5.01 Å². The number of halogens is 4. The number of amides is 1. The van der Waals surface area contributed by atoms with Crippen LogP contribution in [-0.4, -0.2) is 17.0 Å². The fourth-order valence-corrected chi connectivity index (χ4v) is 2.23. The largest absolute Gasteiger partial charge is 0.463 e. The van der Waals surface area contributed by atoms with Gasteiger partial charge in [0.05, 0.1) is 16.3 Å². The predicted molar refractivity (Wildman–Crippen MR) is 84.1 cm³/mol. The number of alkyl halides is 3. The summed E-state index contributed by atoms with van der Waals surface area (Å²) in [5, 5.41) is 9.57. The molecule has 2 aromatic rings. The van der Waals surface area contributed by atoms with Gasteiger partial charge in [-0.1, -0.05) is 35.9 Å². The van der Waals surface area contributed by atoms with E-state index in [1.807, 2.05) is 0 Å². The van der Waals surface area contributed by atoms with Gasteiger partial charge in [-0.2, -0.15) is 18.2 Å². The lowest BCUT2D eigenvalue weighted by atomic mass is 10.1. The van der Waals surface area contributed by atoms with Crippen LogP contribution in [0.5, 0.6) is 0 Å². The average Bonchev–Trinajstić information content (AvgIpc) is 2.52. The Bertz CT molecular complexity index is 794. The Hall–Kier alpha value is -2.58. The first-order valence-corrected chi connectivity index (χ1v) is 6.87. The monoisotopic (exact) mass is 357 g/mol. The molecule has 0 unspecified atom stereocenters. The van der Waals surface area contributed by atoms with E-state index < -0.39 is 29.4 Å². The maximum Gasteiger partial charge on any atom is 0.433 e. The summed E-state index contributed by atoms with van der Waals surface area (Å²) in [6.45, 7) is 0. The summed E-state index contributed by atoms with van der Waals surface area (Å²) in [6.07, 6.45) is -6.30. The average molecular weight is 358 g/mol. The zero-order chi connectivity index (χ0) is 17.9. The van der Waals surface area contributed by atoms with E-state index in [0.717, 1.165) is 12.1 Å². The van der Waals surface area contributed by atoms with Crippen LogP contribution in [0.4, 0.5) is 23.7 Å². The van der Waals surface area contributed by atoms with Crippen molar-refractivity contribution in [1.29, 1.82) is 0 Å². The summed E-state index contributed by atoms with van der Waals surface area (Å²) in [7, 11) is 0. The van der Waals surface area contributed by atoms with Gasteiger partial charge in [-0.15, -0.1) is 0 Å². The van der Waals surface area contributed by atoms with Gasteiger partial charge in [0.15, 0.2) is 5.84 Å². The molecule has 0 atom stereocenters. The highest BCUT2D eigenvalue weighted by atomic mass is 35.5. The molecule has 2 rings (SSSR count). The number of hydrogen-bond donors (Lipinski definition) is 2. The topological polar surface area (TPSA) is 78.9 Å². The zero-order valence-electron chi connectivity index (χ0n) is 12.0. The van der Waals surface area contributed by atoms with E-state index in [4.69, 9.17) is 22.6 Å². The van der Waals surface area contributed by atoms with E-state index >= 15 is 0 Å². The molecule has 0 saturated heterocycles. The molecule has 9 heteroatoms. The first-order valence-electron chi connectivity index (χ1n) is 6.49. The van der Waals surface area contributed by atoms with Crippen molar-refractivity contribution in [1.82, 2.24) is 0 Å². The van der Waals surface area contributed by atoms with Crippen LogP contribution in [0.3, 0.4) is 0 Å². The second kappa shape index (κ2) is 6.90. The summed E-state index contributed by atoms with van der Waals surface area (Å²) in [5.41, 5.74) is -1.40. The lowest BCUT2D eigenvalue weighted by molar-refractivity contribution is -0.137. The maximum absolute atomic E-state index is 13.2. The van der Waals surface area contributed by atoms with Crippen LogP contribution in [0, 0.1) is 0 Å². The molecule has 0 saturated carbocycles. The third kappa shape index (κ3) is 3.84. The number of carbonyl (C=O) groups is 1. The fourth-order valence-electron chi connectivity index (χ4n) is 2.01. The lowest BCUT2D eigenvalue weighted by Crippen LogP contribution is -2.40. The van der Waals surface area contributed by atoms with E-state index in [2.05, 4.69) is 4.99 Å². The van der Waals surface area contributed by atoms with Gasteiger partial charge < -0.3 is 5.11 Å². The summed E-state index contributed by atoms with van der Waals surface area (Å²) < 4.78 is 39.5. The number of para-hydroxylation sites is 1. The van der Waals surface area contributed by atoms with Crippen LogP contribution in [0.25, 0.3) is 0 Å². The molecule has 126 valence electrons. The van der Waals surface area contributed by atoms with Crippen molar-refractivity contribution in [3.05, 3.63) is 64.7 Å². The molecule has 1 amide bonds. The predicted octanol–water partition coefficient (Wildman–Crippen LogP) is 4.16. The minimum Gasteiger partial charge on any atom is -0.463 e. The van der Waals surface area contributed by atoms with Gasteiger partial charge in [0.1, 0.15) is 0 Å². The molecule has 0 aliphatic rings. The smallest absolute Gasteiger partial charge is 0.433 e. The van der Waals surface area contributed by atoms with Gasteiger partial charge in [-0.25, -0.2) is 10.6 Å². The van der Waals surface area contributed by atoms with Gasteiger partial charge in [-0.3, -0.25) is 5.01 Å². The van der Waals surface area contributed by atoms with Gasteiger partial charge in [0.25, 0.3) is 0 Å². The molecule has 0 aliphatic carbocycles. The number of hydrazine groups is 1. The number of nitrogens with two attached hydrogens (primary N) is 1. The molecule has 0 heterocycles. The minimum atomic E-state index is -4.68. The Balaban J connectivity index is 2.62. The molecule has 24 heavy (non-hydrogen) atoms. The fraction of sp³-hybridized carbons (Fsp3) is 0.0667. The van der Waals surface area contributed by atoms with Gasteiger partial charge in [0, 0.05) is 5.56 Å². The Morgan fingerprint density at radius 3 is 2.29 bits per heavy atom. The Morgan fingerprint density at radius 2 is 1.71 bits per heavy atom. The Kier molecular flexibility index (Phi) is 5.10. The molecule has 0 aliphatic heterocycles. The van der Waals surface area contributed by atoms with Crippen molar-refractivity contribution < 1.29 is 23.1 Å². The highest BCUT2D eigenvalue weighted by Gasteiger charge is 2.35. The van der Waals surface area contributed by atoms with Crippen LogP contribution in [0.2, 0.25) is 5.02 Å². The summed E-state index contributed by atoms with van der Waals surface area (Å²) in [4.78, 5) is 14.3. The van der Waals surface area contributed by atoms with Crippen LogP contribution in [0.15, 0.2) is 53.5 Å². The Morgan fingerprint density at radius 1 is 1.12 bits per heavy atom. The summed E-state index contributed by atoms with van der Waals surface area (Å²) in [6, 6.07) is 10.4. The number of carboxylic acid groups (broad SMARTS) is 1. The van der Waals surface area contributed by atoms with Crippen molar-refractivity contribution in [2.24, 2.45) is 10.8 Å². The quantitative estimate of drug-likeness (QED) is 0.366. The van der Waals surface area contributed by atoms with Gasteiger partial charge in [0.2, 0.25) is 0 Å². The van der Waals surface area contributed by atoms with E-state index in [1.165, 1.54) is 30.3 Å². The second-order valence-corrected chi connectivity index (χ2v) is 4.99. The van der Waals surface area contributed by atoms with Crippen molar-refractivity contribution in [2.75, 3.05) is 5.01 Å². The number of rotatable bonds is 2. The first kappa shape index (κ1) is 17.8. The number of anilines is 1. The van der Waals surface area contributed by atoms with Crippen LogP contribution < -0.4 is 10.9 Å². The molecule has 0 bridgehead atoms. The summed E-state index contributed by atoms with van der Waals surface area (Å²) >= 11 is 5.99. The van der Waals surface area contributed by atoms with Gasteiger partial charge >= 0.3 is 12.3 Å². The third-order valence-corrected chi connectivity index (χ3v) is 3.34. The second-order valence-electron chi connectivity index (χ2n) is 4.58. The molecule has 0 spiro atoms. The van der Waals surface area contributed by atoms with Crippen LogP contribution in [-0.2, 0) is 6.18 Å². The van der Waals surface area contributed by atoms with Crippen molar-refractivity contribution >= 4 is 29.2 Å². The number of hydrogen-bond acceptors (Lipinski definition) is 2. The molecule has 0 radical (unpaired) electrons. The molecular formula is C15H11ClF3N3O2. The number of benzene rings is 2. The zero-order valence-corrected chi connectivity index (χ0v) is 12.7. The summed E-state index contributed by atoms with van der Waals surface area (Å²) in [5.74, 6) is 5.34.